The van der Waals surface area contributed by atoms with Crippen molar-refractivity contribution in [2.75, 3.05) is 0 Å². The van der Waals surface area contributed by atoms with Crippen molar-refractivity contribution in [1.82, 2.24) is 4.98 Å². The van der Waals surface area contributed by atoms with E-state index in [0.29, 0.717) is 27.1 Å². The summed E-state index contributed by atoms with van der Waals surface area (Å²) in [6, 6.07) is 9.48. The number of benzene rings is 2. The molecule has 1 heterocycles. The molecular formula is C15H9ClFNO2. The Morgan fingerprint density at radius 3 is 2.65 bits per heavy atom. The first-order chi connectivity index (χ1) is 9.54. The first-order valence-electron chi connectivity index (χ1n) is 5.85. The molecule has 3 nitrogen and oxygen atoms in total. The summed E-state index contributed by atoms with van der Waals surface area (Å²) in [4.78, 5) is 14.0. The number of hydrogen-bond donors (Lipinski definition) is 2. The maximum Gasteiger partial charge on any atom is 0.337 e. The number of carbonyl (C=O) groups is 1. The van der Waals surface area contributed by atoms with Gasteiger partial charge in [-0.3, -0.25) is 0 Å². The van der Waals surface area contributed by atoms with Crippen molar-refractivity contribution < 1.29 is 14.3 Å². The normalized spacial score (nSPS) is 10.9. The van der Waals surface area contributed by atoms with E-state index in [0.717, 1.165) is 0 Å². The summed E-state index contributed by atoms with van der Waals surface area (Å²) in [6.07, 6.45) is 1.44. The Morgan fingerprint density at radius 1 is 1.15 bits per heavy atom. The molecule has 0 saturated heterocycles. The van der Waals surface area contributed by atoms with E-state index in [1.165, 1.54) is 18.3 Å². The Bertz CT molecular complexity index is 806. The summed E-state index contributed by atoms with van der Waals surface area (Å²) in [5.41, 5.74) is 2.22. The third kappa shape index (κ3) is 2.14. The predicted molar refractivity (Wildman–Crippen MR) is 75.7 cm³/mol. The monoisotopic (exact) mass is 289 g/mol. The van der Waals surface area contributed by atoms with E-state index in [9.17, 15) is 9.18 Å². The minimum atomic E-state index is -1.01. The van der Waals surface area contributed by atoms with Gasteiger partial charge < -0.3 is 10.1 Å². The number of aromatic carboxylic acids is 1. The lowest BCUT2D eigenvalue weighted by molar-refractivity contribution is 0.0699. The summed E-state index contributed by atoms with van der Waals surface area (Å²) in [6.45, 7) is 0. The Morgan fingerprint density at radius 2 is 1.95 bits per heavy atom. The van der Waals surface area contributed by atoms with Gasteiger partial charge in [0.05, 0.1) is 5.56 Å². The van der Waals surface area contributed by atoms with Crippen molar-refractivity contribution in [1.29, 1.82) is 0 Å². The highest BCUT2D eigenvalue weighted by molar-refractivity contribution is 6.30. The standard InChI is InChI=1S/C15H9ClFNO2/c16-10-3-9(4-11(17)6-10)8-1-2-14-12(5-8)13(7-18-14)15(19)20/h1-7,18H,(H,19,20). The molecule has 0 aliphatic rings. The zero-order valence-electron chi connectivity index (χ0n) is 10.2. The van der Waals surface area contributed by atoms with Crippen molar-refractivity contribution in [3.63, 3.8) is 0 Å². The molecule has 1 aromatic heterocycles. The molecule has 20 heavy (non-hydrogen) atoms. The van der Waals surface area contributed by atoms with Crippen LogP contribution in [0.25, 0.3) is 22.0 Å². The lowest BCUT2D eigenvalue weighted by Gasteiger charge is -2.04. The maximum absolute atomic E-state index is 13.4. The number of aromatic nitrogens is 1. The third-order valence-corrected chi connectivity index (χ3v) is 3.33. The largest absolute Gasteiger partial charge is 0.478 e. The van der Waals surface area contributed by atoms with Gasteiger partial charge in [0.15, 0.2) is 0 Å². The van der Waals surface area contributed by atoms with Crippen molar-refractivity contribution in [3.8, 4) is 11.1 Å². The highest BCUT2D eigenvalue weighted by atomic mass is 35.5. The molecule has 0 aliphatic heterocycles. The van der Waals surface area contributed by atoms with E-state index < -0.39 is 11.8 Å². The molecule has 100 valence electrons. The van der Waals surface area contributed by atoms with Crippen LogP contribution >= 0.6 is 11.6 Å². The number of H-pyrrole nitrogens is 1. The van der Waals surface area contributed by atoms with Gasteiger partial charge in [-0.25, -0.2) is 9.18 Å². The first kappa shape index (κ1) is 12.7. The number of nitrogens with one attached hydrogen (secondary N) is 1. The van der Waals surface area contributed by atoms with Gasteiger partial charge in [0.25, 0.3) is 0 Å². The first-order valence-corrected chi connectivity index (χ1v) is 6.23. The lowest BCUT2D eigenvalue weighted by atomic mass is 10.0. The molecule has 3 aromatic rings. The number of rotatable bonds is 2. The zero-order chi connectivity index (χ0) is 14.3. The predicted octanol–water partition coefficient (Wildman–Crippen LogP) is 4.33. The molecule has 0 aliphatic carbocycles. The van der Waals surface area contributed by atoms with Crippen LogP contribution in [-0.4, -0.2) is 16.1 Å². The molecule has 2 aromatic carbocycles. The van der Waals surface area contributed by atoms with E-state index >= 15 is 0 Å². The number of fused-ring (bicyclic) bond motifs is 1. The van der Waals surface area contributed by atoms with Gasteiger partial charge in [-0.1, -0.05) is 17.7 Å². The van der Waals surface area contributed by atoms with E-state index in [4.69, 9.17) is 16.7 Å². The van der Waals surface area contributed by atoms with Crippen LogP contribution in [0.3, 0.4) is 0 Å². The van der Waals surface area contributed by atoms with Gasteiger partial charge in [0.1, 0.15) is 5.82 Å². The van der Waals surface area contributed by atoms with Crippen LogP contribution in [0.5, 0.6) is 0 Å². The fourth-order valence-electron chi connectivity index (χ4n) is 2.20. The highest BCUT2D eigenvalue weighted by Crippen LogP contribution is 2.28. The zero-order valence-corrected chi connectivity index (χ0v) is 10.9. The van der Waals surface area contributed by atoms with Crippen LogP contribution < -0.4 is 0 Å². The molecule has 3 rings (SSSR count). The van der Waals surface area contributed by atoms with Gasteiger partial charge in [-0.2, -0.15) is 0 Å². The topological polar surface area (TPSA) is 53.1 Å². The molecule has 0 unspecified atom stereocenters. The molecule has 0 spiro atoms. The fourth-order valence-corrected chi connectivity index (χ4v) is 2.42. The van der Waals surface area contributed by atoms with Gasteiger partial charge >= 0.3 is 5.97 Å². The van der Waals surface area contributed by atoms with Gasteiger partial charge in [-0.05, 0) is 41.5 Å². The molecule has 5 heteroatoms. The van der Waals surface area contributed by atoms with Gasteiger partial charge in [0.2, 0.25) is 0 Å². The number of hydrogen-bond acceptors (Lipinski definition) is 1. The number of halogens is 2. The average Bonchev–Trinajstić information content (AvgIpc) is 2.80. The molecule has 0 saturated carbocycles. The Hall–Kier alpha value is -2.33. The molecule has 0 atom stereocenters. The van der Waals surface area contributed by atoms with Crippen LogP contribution in [0.15, 0.2) is 42.6 Å². The number of carboxylic acid groups (broad SMARTS) is 1. The number of aromatic amines is 1. The molecule has 0 bridgehead atoms. The summed E-state index contributed by atoms with van der Waals surface area (Å²) in [7, 11) is 0. The smallest absolute Gasteiger partial charge is 0.337 e. The van der Waals surface area contributed by atoms with Gasteiger partial charge in [0, 0.05) is 22.1 Å². The summed E-state index contributed by atoms with van der Waals surface area (Å²) >= 11 is 5.84. The Kier molecular flexibility index (Phi) is 2.95. The second-order valence-corrected chi connectivity index (χ2v) is 4.86. The second-order valence-electron chi connectivity index (χ2n) is 4.43. The lowest BCUT2D eigenvalue weighted by Crippen LogP contribution is -1.93. The Labute approximate surface area is 118 Å². The molecule has 0 amide bonds. The second kappa shape index (κ2) is 4.65. The van der Waals surface area contributed by atoms with Crippen molar-refractivity contribution in [2.45, 2.75) is 0 Å². The van der Waals surface area contributed by atoms with E-state index in [-0.39, 0.29) is 5.56 Å². The summed E-state index contributed by atoms with van der Waals surface area (Å²) in [5.74, 6) is -1.44. The maximum atomic E-state index is 13.4. The average molecular weight is 290 g/mol. The van der Waals surface area contributed by atoms with Crippen molar-refractivity contribution in [3.05, 3.63) is 59.0 Å². The van der Waals surface area contributed by atoms with Crippen LogP contribution in [0, 0.1) is 5.82 Å². The quantitative estimate of drug-likeness (QED) is 0.738. The van der Waals surface area contributed by atoms with Crippen LogP contribution in [0.1, 0.15) is 10.4 Å². The van der Waals surface area contributed by atoms with Crippen LogP contribution in [0.2, 0.25) is 5.02 Å². The highest BCUT2D eigenvalue weighted by Gasteiger charge is 2.11. The molecular weight excluding hydrogens is 281 g/mol. The van der Waals surface area contributed by atoms with Crippen LogP contribution in [-0.2, 0) is 0 Å². The van der Waals surface area contributed by atoms with Crippen molar-refractivity contribution in [2.24, 2.45) is 0 Å². The molecule has 0 fully saturated rings. The SMILES string of the molecule is O=C(O)c1c[nH]c2ccc(-c3cc(F)cc(Cl)c3)cc12. The van der Waals surface area contributed by atoms with Crippen molar-refractivity contribution >= 4 is 28.5 Å². The minimum Gasteiger partial charge on any atom is -0.478 e. The van der Waals surface area contributed by atoms with E-state index in [1.807, 2.05) is 0 Å². The summed E-state index contributed by atoms with van der Waals surface area (Å²) in [5, 5.41) is 10.00. The van der Waals surface area contributed by atoms with E-state index in [2.05, 4.69) is 4.98 Å². The fraction of sp³-hybridized carbons (Fsp3) is 0. The third-order valence-electron chi connectivity index (χ3n) is 3.11. The van der Waals surface area contributed by atoms with E-state index in [1.54, 1.807) is 24.3 Å². The van der Waals surface area contributed by atoms with Crippen LogP contribution in [0.4, 0.5) is 4.39 Å². The molecule has 2 N–H and O–H groups in total. The summed E-state index contributed by atoms with van der Waals surface area (Å²) < 4.78 is 13.4. The number of carboxylic acids is 1. The molecule has 0 radical (unpaired) electrons. The minimum absolute atomic E-state index is 0.185. The Balaban J connectivity index is 2.21. The van der Waals surface area contributed by atoms with Gasteiger partial charge in [-0.15, -0.1) is 0 Å².